The third-order valence-electron chi connectivity index (χ3n) is 6.01. The fourth-order valence-corrected chi connectivity index (χ4v) is 3.94. The lowest BCUT2D eigenvalue weighted by molar-refractivity contribution is -0.142. The van der Waals surface area contributed by atoms with E-state index >= 15 is 0 Å². The van der Waals surface area contributed by atoms with Gasteiger partial charge in [0.2, 0.25) is 5.91 Å². The highest BCUT2D eigenvalue weighted by molar-refractivity contribution is 5.88. The van der Waals surface area contributed by atoms with Crippen molar-refractivity contribution in [1.29, 1.82) is 0 Å². The molecule has 1 aliphatic carbocycles. The van der Waals surface area contributed by atoms with E-state index in [1.54, 1.807) is 18.9 Å². The normalized spacial score (nSPS) is 15.0. The molecule has 0 bridgehead atoms. The number of carbonyl (C=O) groups is 2. The molecule has 2 amide bonds. The zero-order valence-electron chi connectivity index (χ0n) is 19.3. The number of nitrogens with one attached hydrogen (secondary N) is 1. The SMILES string of the molecule is COc1ccc(CN(C(=O)COc2ccc(C)cc2)C(C)C(=O)NC2CCCCC2)cc1. The molecule has 1 unspecified atom stereocenters. The largest absolute Gasteiger partial charge is 0.497 e. The summed E-state index contributed by atoms with van der Waals surface area (Å²) in [5.74, 6) is 1.03. The Kier molecular flexibility index (Phi) is 8.54. The molecule has 3 rings (SSSR count). The van der Waals surface area contributed by atoms with Crippen LogP contribution >= 0.6 is 0 Å². The van der Waals surface area contributed by atoms with Crippen LogP contribution in [0.3, 0.4) is 0 Å². The summed E-state index contributed by atoms with van der Waals surface area (Å²) in [5, 5.41) is 3.14. The van der Waals surface area contributed by atoms with E-state index in [4.69, 9.17) is 9.47 Å². The second-order valence-corrected chi connectivity index (χ2v) is 8.49. The van der Waals surface area contributed by atoms with Crippen molar-refractivity contribution >= 4 is 11.8 Å². The van der Waals surface area contributed by atoms with Crippen molar-refractivity contribution < 1.29 is 19.1 Å². The van der Waals surface area contributed by atoms with Gasteiger partial charge >= 0.3 is 0 Å². The van der Waals surface area contributed by atoms with E-state index in [1.807, 2.05) is 55.5 Å². The quantitative estimate of drug-likeness (QED) is 0.636. The minimum absolute atomic E-state index is 0.117. The Labute approximate surface area is 190 Å². The summed E-state index contributed by atoms with van der Waals surface area (Å²) >= 11 is 0. The predicted molar refractivity (Wildman–Crippen MR) is 125 cm³/mol. The Balaban J connectivity index is 1.69. The Bertz CT molecular complexity index is 874. The number of nitrogens with zero attached hydrogens (tertiary/aromatic N) is 1. The summed E-state index contributed by atoms with van der Waals surface area (Å²) in [5.41, 5.74) is 2.05. The first-order valence-corrected chi connectivity index (χ1v) is 11.4. The minimum atomic E-state index is -0.604. The smallest absolute Gasteiger partial charge is 0.261 e. The van der Waals surface area contributed by atoms with Crippen LogP contribution in [0.25, 0.3) is 0 Å². The maximum Gasteiger partial charge on any atom is 0.261 e. The number of hydrogen-bond acceptors (Lipinski definition) is 4. The van der Waals surface area contributed by atoms with E-state index in [0.717, 1.165) is 42.6 Å². The molecule has 0 radical (unpaired) electrons. The maximum absolute atomic E-state index is 13.1. The summed E-state index contributed by atoms with van der Waals surface area (Å²) in [7, 11) is 1.62. The van der Waals surface area contributed by atoms with Crippen LogP contribution in [0, 0.1) is 6.92 Å². The fourth-order valence-electron chi connectivity index (χ4n) is 3.94. The first-order valence-electron chi connectivity index (χ1n) is 11.4. The Hall–Kier alpha value is -3.02. The zero-order valence-corrected chi connectivity index (χ0v) is 19.3. The maximum atomic E-state index is 13.1. The van der Waals surface area contributed by atoms with Crippen molar-refractivity contribution in [2.75, 3.05) is 13.7 Å². The zero-order chi connectivity index (χ0) is 22.9. The predicted octanol–water partition coefficient (Wildman–Crippen LogP) is 4.25. The summed E-state index contributed by atoms with van der Waals surface area (Å²) in [6.45, 7) is 3.98. The van der Waals surface area contributed by atoms with E-state index in [-0.39, 0.29) is 24.5 Å². The van der Waals surface area contributed by atoms with Crippen molar-refractivity contribution in [3.8, 4) is 11.5 Å². The highest BCUT2D eigenvalue weighted by Gasteiger charge is 2.28. The first-order chi connectivity index (χ1) is 15.5. The van der Waals surface area contributed by atoms with Crippen LogP contribution in [-0.4, -0.2) is 42.5 Å². The van der Waals surface area contributed by atoms with Crippen molar-refractivity contribution in [3.63, 3.8) is 0 Å². The van der Waals surface area contributed by atoms with Gasteiger partial charge in [0.1, 0.15) is 17.5 Å². The van der Waals surface area contributed by atoms with Crippen molar-refractivity contribution in [3.05, 3.63) is 59.7 Å². The molecule has 2 aromatic carbocycles. The molecule has 0 aliphatic heterocycles. The van der Waals surface area contributed by atoms with Crippen LogP contribution in [-0.2, 0) is 16.1 Å². The summed E-state index contributed by atoms with van der Waals surface area (Å²) in [6.07, 6.45) is 5.50. The standard InChI is InChI=1S/C26H34N2O4/c1-19-9-13-24(14-10-19)32-18-25(29)28(17-21-11-15-23(31-3)16-12-21)20(2)26(30)27-22-7-5-4-6-8-22/h9-16,20,22H,4-8,17-18H2,1-3H3,(H,27,30). The summed E-state index contributed by atoms with van der Waals surface area (Å²) < 4.78 is 10.9. The first kappa shape index (κ1) is 23.6. The molecule has 0 spiro atoms. The van der Waals surface area contributed by atoms with Crippen LogP contribution in [0.5, 0.6) is 11.5 Å². The van der Waals surface area contributed by atoms with Gasteiger partial charge in [-0.3, -0.25) is 9.59 Å². The van der Waals surface area contributed by atoms with Gasteiger partial charge in [0.25, 0.3) is 5.91 Å². The van der Waals surface area contributed by atoms with Gasteiger partial charge in [-0.25, -0.2) is 0 Å². The lowest BCUT2D eigenvalue weighted by Crippen LogP contribution is -2.51. The van der Waals surface area contributed by atoms with Crippen LogP contribution in [0.4, 0.5) is 0 Å². The van der Waals surface area contributed by atoms with E-state index < -0.39 is 6.04 Å². The molecular weight excluding hydrogens is 404 g/mol. The number of hydrogen-bond donors (Lipinski definition) is 1. The van der Waals surface area contributed by atoms with E-state index in [9.17, 15) is 9.59 Å². The van der Waals surface area contributed by atoms with Crippen LogP contribution in [0.2, 0.25) is 0 Å². The van der Waals surface area contributed by atoms with Crippen molar-refractivity contribution in [2.24, 2.45) is 0 Å². The van der Waals surface area contributed by atoms with E-state index in [2.05, 4.69) is 5.32 Å². The molecule has 6 heteroatoms. The highest BCUT2D eigenvalue weighted by Crippen LogP contribution is 2.19. The Morgan fingerprint density at radius 2 is 1.62 bits per heavy atom. The van der Waals surface area contributed by atoms with Gasteiger partial charge in [0.05, 0.1) is 7.11 Å². The summed E-state index contributed by atoms with van der Waals surface area (Å²) in [6, 6.07) is 14.7. The molecule has 0 heterocycles. The van der Waals surface area contributed by atoms with Gasteiger partial charge in [-0.2, -0.15) is 0 Å². The van der Waals surface area contributed by atoms with Gasteiger partial charge in [-0.1, -0.05) is 49.1 Å². The molecule has 1 atom stereocenters. The van der Waals surface area contributed by atoms with Gasteiger partial charge in [0.15, 0.2) is 6.61 Å². The summed E-state index contributed by atoms with van der Waals surface area (Å²) in [4.78, 5) is 27.7. The molecular formula is C26H34N2O4. The number of benzene rings is 2. The number of amides is 2. The average Bonchev–Trinajstić information content (AvgIpc) is 2.82. The lowest BCUT2D eigenvalue weighted by atomic mass is 9.95. The van der Waals surface area contributed by atoms with Crippen LogP contribution in [0.15, 0.2) is 48.5 Å². The molecule has 0 aromatic heterocycles. The topological polar surface area (TPSA) is 67.9 Å². The Morgan fingerprint density at radius 1 is 1.00 bits per heavy atom. The lowest BCUT2D eigenvalue weighted by Gasteiger charge is -2.31. The van der Waals surface area contributed by atoms with Gasteiger partial charge in [0, 0.05) is 12.6 Å². The number of aryl methyl sites for hydroxylation is 1. The van der Waals surface area contributed by atoms with Crippen LogP contribution < -0.4 is 14.8 Å². The molecule has 2 aromatic rings. The van der Waals surface area contributed by atoms with Crippen LogP contribution in [0.1, 0.15) is 50.2 Å². The third kappa shape index (κ3) is 6.74. The van der Waals surface area contributed by atoms with Gasteiger partial charge in [-0.15, -0.1) is 0 Å². The second-order valence-electron chi connectivity index (χ2n) is 8.49. The third-order valence-corrected chi connectivity index (χ3v) is 6.01. The number of methoxy groups -OCH3 is 1. The molecule has 1 aliphatic rings. The molecule has 1 fully saturated rings. The Morgan fingerprint density at radius 3 is 2.25 bits per heavy atom. The molecule has 6 nitrogen and oxygen atoms in total. The monoisotopic (exact) mass is 438 g/mol. The molecule has 32 heavy (non-hydrogen) atoms. The molecule has 1 saturated carbocycles. The number of ether oxygens (including phenoxy) is 2. The highest BCUT2D eigenvalue weighted by atomic mass is 16.5. The van der Waals surface area contributed by atoms with Crippen molar-refractivity contribution in [1.82, 2.24) is 10.2 Å². The van der Waals surface area contributed by atoms with Crippen molar-refractivity contribution in [2.45, 2.75) is 64.6 Å². The average molecular weight is 439 g/mol. The molecule has 0 saturated heterocycles. The van der Waals surface area contributed by atoms with Gasteiger partial charge in [-0.05, 0) is 56.5 Å². The fraction of sp³-hybridized carbons (Fsp3) is 0.462. The van der Waals surface area contributed by atoms with E-state index in [0.29, 0.717) is 12.3 Å². The number of carbonyl (C=O) groups excluding carboxylic acids is 2. The molecule has 1 N–H and O–H groups in total. The number of rotatable bonds is 9. The van der Waals surface area contributed by atoms with E-state index in [1.165, 1.54) is 6.42 Å². The van der Waals surface area contributed by atoms with Gasteiger partial charge < -0.3 is 19.7 Å². The second kappa shape index (κ2) is 11.6. The minimum Gasteiger partial charge on any atom is -0.497 e. The molecule has 172 valence electrons.